The number of aromatic nitrogens is 3. The fourth-order valence-corrected chi connectivity index (χ4v) is 3.32. The Labute approximate surface area is 147 Å². The number of nitrogens with one attached hydrogen (secondary N) is 2. The fourth-order valence-electron chi connectivity index (χ4n) is 2.44. The third kappa shape index (κ3) is 3.43. The number of carbonyl (C=O) groups excluding carboxylic acids is 1. The highest BCUT2D eigenvalue weighted by molar-refractivity contribution is 7.11. The topological polar surface area (TPSA) is 96.8 Å². The van der Waals surface area contributed by atoms with Gasteiger partial charge in [0.25, 0.3) is 11.5 Å². The van der Waals surface area contributed by atoms with Gasteiger partial charge in [-0.3, -0.25) is 9.59 Å². The lowest BCUT2D eigenvalue weighted by Gasteiger charge is -2.07. The van der Waals surface area contributed by atoms with Crippen molar-refractivity contribution in [2.45, 2.75) is 20.4 Å². The van der Waals surface area contributed by atoms with E-state index in [0.717, 1.165) is 26.3 Å². The monoisotopic (exact) mass is 356 g/mol. The van der Waals surface area contributed by atoms with Gasteiger partial charge in [-0.25, -0.2) is 14.3 Å². The first-order valence-corrected chi connectivity index (χ1v) is 8.40. The van der Waals surface area contributed by atoms with Crippen LogP contribution in [-0.4, -0.2) is 20.4 Å². The Morgan fingerprint density at radius 3 is 2.60 bits per heavy atom. The highest BCUT2D eigenvalue weighted by atomic mass is 32.1. The van der Waals surface area contributed by atoms with Crippen molar-refractivity contribution in [3.8, 4) is 5.69 Å². The van der Waals surface area contributed by atoms with Crippen LogP contribution in [0.25, 0.3) is 5.69 Å². The molecule has 2 aromatic heterocycles. The van der Waals surface area contributed by atoms with Crippen molar-refractivity contribution in [2.24, 2.45) is 0 Å². The van der Waals surface area contributed by atoms with Crippen LogP contribution in [0.2, 0.25) is 0 Å². The Kier molecular flexibility index (Phi) is 4.62. The van der Waals surface area contributed by atoms with Gasteiger partial charge in [-0.15, -0.1) is 11.3 Å². The maximum absolute atomic E-state index is 12.6. The van der Waals surface area contributed by atoms with E-state index >= 15 is 0 Å². The fraction of sp³-hybridized carbons (Fsp3) is 0.176. The molecule has 7 nitrogen and oxygen atoms in total. The van der Waals surface area contributed by atoms with E-state index in [0.29, 0.717) is 5.69 Å². The lowest BCUT2D eigenvalue weighted by atomic mass is 10.2. The number of para-hydroxylation sites is 1. The summed E-state index contributed by atoms with van der Waals surface area (Å²) in [5.41, 5.74) is -0.128. The van der Waals surface area contributed by atoms with Crippen molar-refractivity contribution in [1.29, 1.82) is 0 Å². The van der Waals surface area contributed by atoms with Crippen molar-refractivity contribution in [2.75, 3.05) is 0 Å². The predicted octanol–water partition coefficient (Wildman–Crippen LogP) is 1.53. The molecule has 0 saturated heterocycles. The average molecular weight is 356 g/mol. The van der Waals surface area contributed by atoms with E-state index in [9.17, 15) is 14.4 Å². The van der Waals surface area contributed by atoms with Crippen LogP contribution < -0.4 is 16.6 Å². The molecule has 3 rings (SSSR count). The molecule has 0 unspecified atom stereocenters. The standard InChI is InChI=1S/C17H16N4O3S/c1-10-14(25-11(2)20-10)9-18-15(22)13-8-19-17(24)21(16(13)23)12-6-4-3-5-7-12/h3-8H,9H2,1-2H3,(H,18,22)(H,19,24). The molecule has 3 aromatic rings. The molecule has 0 aliphatic heterocycles. The molecule has 0 fully saturated rings. The minimum atomic E-state index is -0.662. The van der Waals surface area contributed by atoms with Crippen LogP contribution in [-0.2, 0) is 6.54 Å². The van der Waals surface area contributed by atoms with Crippen molar-refractivity contribution < 1.29 is 4.79 Å². The van der Waals surface area contributed by atoms with E-state index in [1.807, 2.05) is 13.8 Å². The molecule has 1 amide bonds. The Morgan fingerprint density at radius 1 is 1.24 bits per heavy atom. The van der Waals surface area contributed by atoms with Gasteiger partial charge in [0.1, 0.15) is 5.56 Å². The Hall–Kier alpha value is -3.00. The van der Waals surface area contributed by atoms with Crippen molar-refractivity contribution in [1.82, 2.24) is 19.9 Å². The number of thiazole rings is 1. The number of H-pyrrole nitrogens is 1. The number of hydrogen-bond donors (Lipinski definition) is 2. The summed E-state index contributed by atoms with van der Waals surface area (Å²) in [6.45, 7) is 4.04. The summed E-state index contributed by atoms with van der Waals surface area (Å²) in [5, 5.41) is 3.62. The molecule has 2 N–H and O–H groups in total. The zero-order valence-corrected chi connectivity index (χ0v) is 14.5. The van der Waals surface area contributed by atoms with E-state index < -0.39 is 17.2 Å². The van der Waals surface area contributed by atoms with E-state index in [1.165, 1.54) is 11.3 Å². The smallest absolute Gasteiger partial charge is 0.333 e. The van der Waals surface area contributed by atoms with E-state index in [2.05, 4.69) is 15.3 Å². The minimum absolute atomic E-state index is 0.123. The Morgan fingerprint density at radius 2 is 1.96 bits per heavy atom. The number of benzene rings is 1. The lowest BCUT2D eigenvalue weighted by molar-refractivity contribution is 0.0949. The first kappa shape index (κ1) is 16.8. The SMILES string of the molecule is Cc1nc(C)c(CNC(=O)c2c[nH]c(=O)n(-c3ccccc3)c2=O)s1. The summed E-state index contributed by atoms with van der Waals surface area (Å²) >= 11 is 1.49. The van der Waals surface area contributed by atoms with Crippen LogP contribution in [0.5, 0.6) is 0 Å². The van der Waals surface area contributed by atoms with Crippen molar-refractivity contribution in [3.63, 3.8) is 0 Å². The molecule has 0 radical (unpaired) electrons. The highest BCUT2D eigenvalue weighted by Crippen LogP contribution is 2.16. The number of nitrogens with zero attached hydrogens (tertiary/aromatic N) is 2. The Bertz CT molecular complexity index is 1030. The van der Waals surface area contributed by atoms with Gasteiger partial charge < -0.3 is 10.3 Å². The second kappa shape index (κ2) is 6.86. The van der Waals surface area contributed by atoms with Crippen molar-refractivity contribution in [3.05, 3.63) is 78.5 Å². The molecule has 25 heavy (non-hydrogen) atoms. The van der Waals surface area contributed by atoms with Crippen LogP contribution in [0.3, 0.4) is 0 Å². The first-order chi connectivity index (χ1) is 12.0. The normalized spacial score (nSPS) is 10.6. The van der Waals surface area contributed by atoms with Gasteiger partial charge >= 0.3 is 5.69 Å². The summed E-state index contributed by atoms with van der Waals surface area (Å²) in [5.74, 6) is -0.545. The molecule has 1 aromatic carbocycles. The molecule has 0 saturated carbocycles. The molecule has 0 bridgehead atoms. The van der Waals surface area contributed by atoms with Gasteiger partial charge in [0, 0.05) is 11.1 Å². The average Bonchev–Trinajstić information content (AvgIpc) is 2.91. The van der Waals surface area contributed by atoms with Crippen LogP contribution >= 0.6 is 11.3 Å². The van der Waals surface area contributed by atoms with Crippen LogP contribution in [0.15, 0.2) is 46.1 Å². The number of rotatable bonds is 4. The van der Waals surface area contributed by atoms with E-state index in [4.69, 9.17) is 0 Å². The molecule has 0 atom stereocenters. The first-order valence-electron chi connectivity index (χ1n) is 7.58. The quantitative estimate of drug-likeness (QED) is 0.741. The van der Waals surface area contributed by atoms with Gasteiger partial charge in [0.15, 0.2) is 0 Å². The van der Waals surface area contributed by atoms with Crippen molar-refractivity contribution >= 4 is 17.2 Å². The molecule has 2 heterocycles. The van der Waals surface area contributed by atoms with Crippen LogP contribution in [0.1, 0.15) is 25.9 Å². The third-order valence-corrected chi connectivity index (χ3v) is 4.72. The number of aryl methyl sites for hydroxylation is 2. The number of aromatic amines is 1. The Balaban J connectivity index is 1.90. The van der Waals surface area contributed by atoms with Crippen LogP contribution in [0.4, 0.5) is 0 Å². The second-order valence-corrected chi connectivity index (χ2v) is 6.70. The number of hydrogen-bond acceptors (Lipinski definition) is 5. The predicted molar refractivity (Wildman–Crippen MR) is 95.4 cm³/mol. The van der Waals surface area contributed by atoms with E-state index in [-0.39, 0.29) is 12.1 Å². The third-order valence-electron chi connectivity index (χ3n) is 3.64. The zero-order valence-electron chi connectivity index (χ0n) is 13.7. The summed E-state index contributed by atoms with van der Waals surface area (Å²) in [6.07, 6.45) is 1.14. The van der Waals surface area contributed by atoms with E-state index in [1.54, 1.807) is 30.3 Å². The van der Waals surface area contributed by atoms with Gasteiger partial charge in [-0.1, -0.05) is 18.2 Å². The maximum atomic E-state index is 12.6. The molecular weight excluding hydrogens is 340 g/mol. The summed E-state index contributed by atoms with van der Waals surface area (Å²) < 4.78 is 0.941. The van der Waals surface area contributed by atoms with Gasteiger partial charge in [0.05, 0.1) is 22.9 Å². The summed E-state index contributed by atoms with van der Waals surface area (Å²) in [4.78, 5) is 44.7. The molecule has 8 heteroatoms. The summed E-state index contributed by atoms with van der Waals surface area (Å²) in [6, 6.07) is 8.45. The van der Waals surface area contributed by atoms with Crippen LogP contribution in [0, 0.1) is 13.8 Å². The molecular formula is C17H16N4O3S. The molecule has 0 aliphatic rings. The minimum Gasteiger partial charge on any atom is -0.347 e. The van der Waals surface area contributed by atoms with Gasteiger partial charge in [-0.05, 0) is 26.0 Å². The largest absolute Gasteiger partial charge is 0.347 e. The second-order valence-electron chi connectivity index (χ2n) is 5.41. The maximum Gasteiger partial charge on any atom is 0.333 e. The van der Waals surface area contributed by atoms with Gasteiger partial charge in [-0.2, -0.15) is 0 Å². The highest BCUT2D eigenvalue weighted by Gasteiger charge is 2.16. The van der Waals surface area contributed by atoms with Gasteiger partial charge in [0.2, 0.25) is 0 Å². The molecule has 128 valence electrons. The molecule has 0 aliphatic carbocycles. The lowest BCUT2D eigenvalue weighted by Crippen LogP contribution is -2.39. The number of amides is 1. The molecule has 0 spiro atoms. The zero-order chi connectivity index (χ0) is 18.0. The summed E-state index contributed by atoms with van der Waals surface area (Å²) in [7, 11) is 0. The number of carbonyl (C=O) groups is 1.